The number of amides is 1. The van der Waals surface area contributed by atoms with Crippen molar-refractivity contribution in [2.45, 2.75) is 33.7 Å². The van der Waals surface area contributed by atoms with Gasteiger partial charge >= 0.3 is 0 Å². The van der Waals surface area contributed by atoms with E-state index in [2.05, 4.69) is 16.9 Å². The van der Waals surface area contributed by atoms with Gasteiger partial charge < -0.3 is 15.5 Å². The molecule has 106 valence electrons. The molecule has 2 heterocycles. The zero-order valence-corrected chi connectivity index (χ0v) is 12.0. The number of hydrogen-bond acceptors (Lipinski definition) is 4. The van der Waals surface area contributed by atoms with Crippen LogP contribution in [0.3, 0.4) is 0 Å². The van der Waals surface area contributed by atoms with Crippen LogP contribution in [-0.4, -0.2) is 46.8 Å². The lowest BCUT2D eigenvalue weighted by molar-refractivity contribution is -0.128. The molecule has 1 saturated heterocycles. The molecule has 2 N–H and O–H groups in total. The number of nitrogen functional groups attached to an aromatic ring is 1. The monoisotopic (exact) mass is 265 g/mol. The molecule has 0 unspecified atom stereocenters. The largest absolute Gasteiger partial charge is 0.394 e. The molecule has 0 atom stereocenters. The van der Waals surface area contributed by atoms with Gasteiger partial charge in [0.2, 0.25) is 5.91 Å². The Hall–Kier alpha value is -1.72. The lowest BCUT2D eigenvalue weighted by Gasteiger charge is -2.24. The predicted molar refractivity (Wildman–Crippen MR) is 76.1 cm³/mol. The van der Waals surface area contributed by atoms with Crippen LogP contribution in [-0.2, 0) is 11.3 Å². The summed E-state index contributed by atoms with van der Waals surface area (Å²) in [6.07, 6.45) is 0.965. The third kappa shape index (κ3) is 2.67. The van der Waals surface area contributed by atoms with E-state index in [1.54, 1.807) is 6.92 Å². The molecule has 19 heavy (non-hydrogen) atoms. The first-order valence-electron chi connectivity index (χ1n) is 6.88. The highest BCUT2D eigenvalue weighted by Gasteiger charge is 2.22. The minimum absolute atomic E-state index is 0.148. The van der Waals surface area contributed by atoms with Crippen molar-refractivity contribution in [1.82, 2.24) is 14.7 Å². The summed E-state index contributed by atoms with van der Waals surface area (Å²) in [5.41, 5.74) is 7.79. The third-order valence-electron chi connectivity index (χ3n) is 3.69. The number of aromatic nitrogens is 2. The van der Waals surface area contributed by atoms with E-state index >= 15 is 0 Å². The van der Waals surface area contributed by atoms with Gasteiger partial charge in [0.05, 0.1) is 11.4 Å². The van der Waals surface area contributed by atoms with Crippen molar-refractivity contribution in [1.29, 1.82) is 0 Å². The van der Waals surface area contributed by atoms with Crippen LogP contribution in [0.15, 0.2) is 0 Å². The first-order chi connectivity index (χ1) is 9.04. The Bertz CT molecular complexity index is 468. The fraction of sp³-hybridized carbons (Fsp3) is 0.692. The molecule has 6 heteroatoms. The minimum atomic E-state index is 0.148. The highest BCUT2D eigenvalue weighted by atomic mass is 16.2. The molecule has 0 aliphatic carbocycles. The van der Waals surface area contributed by atoms with Gasteiger partial charge in [-0.15, -0.1) is 0 Å². The van der Waals surface area contributed by atoms with Gasteiger partial charge in [0.25, 0.3) is 0 Å². The van der Waals surface area contributed by atoms with Crippen molar-refractivity contribution in [3.05, 3.63) is 5.69 Å². The number of nitrogens with two attached hydrogens (primary N) is 1. The highest BCUT2D eigenvalue weighted by molar-refractivity contribution is 5.73. The number of aryl methyl sites for hydroxylation is 2. The summed E-state index contributed by atoms with van der Waals surface area (Å²) in [4.78, 5) is 15.6. The maximum atomic E-state index is 11.5. The van der Waals surface area contributed by atoms with Gasteiger partial charge in [0.15, 0.2) is 5.82 Å². The molecule has 0 spiro atoms. The number of nitrogens with zero attached hydrogens (tertiary/aromatic N) is 4. The molecule has 1 aromatic heterocycles. The van der Waals surface area contributed by atoms with E-state index in [4.69, 9.17) is 5.73 Å². The van der Waals surface area contributed by atoms with Crippen molar-refractivity contribution >= 4 is 17.4 Å². The Morgan fingerprint density at radius 3 is 2.68 bits per heavy atom. The summed E-state index contributed by atoms with van der Waals surface area (Å²) in [5.74, 6) is 1.15. The van der Waals surface area contributed by atoms with Crippen LogP contribution < -0.4 is 10.6 Å². The van der Waals surface area contributed by atoms with Crippen LogP contribution in [0.25, 0.3) is 0 Å². The average molecular weight is 265 g/mol. The number of anilines is 2. The lowest BCUT2D eigenvalue weighted by Crippen LogP contribution is -2.34. The van der Waals surface area contributed by atoms with E-state index in [9.17, 15) is 4.79 Å². The number of rotatable bonds is 2. The summed E-state index contributed by atoms with van der Waals surface area (Å²) >= 11 is 0. The van der Waals surface area contributed by atoms with Gasteiger partial charge in [-0.25, -0.2) is 4.68 Å². The summed E-state index contributed by atoms with van der Waals surface area (Å²) in [6, 6.07) is 0. The van der Waals surface area contributed by atoms with Crippen LogP contribution in [0.4, 0.5) is 11.5 Å². The van der Waals surface area contributed by atoms with Crippen molar-refractivity contribution in [3.8, 4) is 0 Å². The van der Waals surface area contributed by atoms with E-state index in [0.29, 0.717) is 0 Å². The first kappa shape index (κ1) is 13.7. The molecule has 1 aliphatic heterocycles. The van der Waals surface area contributed by atoms with Gasteiger partial charge in [-0.05, 0) is 20.3 Å². The van der Waals surface area contributed by atoms with Crippen molar-refractivity contribution < 1.29 is 4.79 Å². The fourth-order valence-corrected chi connectivity index (χ4v) is 2.58. The Balaban J connectivity index is 2.20. The van der Waals surface area contributed by atoms with Gasteiger partial charge in [0.1, 0.15) is 0 Å². The molecule has 1 fully saturated rings. The summed E-state index contributed by atoms with van der Waals surface area (Å²) in [5, 5.41) is 4.46. The van der Waals surface area contributed by atoms with Crippen LogP contribution in [0.2, 0.25) is 0 Å². The third-order valence-corrected chi connectivity index (χ3v) is 3.69. The van der Waals surface area contributed by atoms with Crippen LogP contribution in [0.5, 0.6) is 0 Å². The van der Waals surface area contributed by atoms with E-state index in [1.807, 2.05) is 16.5 Å². The molecule has 0 saturated carbocycles. The van der Waals surface area contributed by atoms with E-state index in [-0.39, 0.29) is 5.91 Å². The Kier molecular flexibility index (Phi) is 3.97. The number of hydrogen-bond donors (Lipinski definition) is 1. The van der Waals surface area contributed by atoms with Gasteiger partial charge in [-0.1, -0.05) is 0 Å². The van der Waals surface area contributed by atoms with Crippen molar-refractivity contribution in [3.63, 3.8) is 0 Å². The smallest absolute Gasteiger partial charge is 0.219 e. The molecule has 6 nitrogen and oxygen atoms in total. The number of carbonyl (C=O) groups is 1. The Morgan fingerprint density at radius 1 is 1.32 bits per heavy atom. The molecular weight excluding hydrogens is 242 g/mol. The Labute approximate surface area is 114 Å². The molecule has 1 aromatic rings. The van der Waals surface area contributed by atoms with E-state index < -0.39 is 0 Å². The predicted octanol–water partition coefficient (Wildman–Crippen LogP) is 0.852. The lowest BCUT2D eigenvalue weighted by atomic mass is 10.3. The molecule has 0 radical (unpaired) electrons. The van der Waals surface area contributed by atoms with Crippen LogP contribution in [0.1, 0.15) is 26.0 Å². The van der Waals surface area contributed by atoms with Gasteiger partial charge in [-0.2, -0.15) is 5.10 Å². The Morgan fingerprint density at radius 2 is 2.05 bits per heavy atom. The summed E-state index contributed by atoms with van der Waals surface area (Å²) in [6.45, 7) is 9.74. The molecule has 1 aliphatic rings. The fourth-order valence-electron chi connectivity index (χ4n) is 2.58. The maximum absolute atomic E-state index is 11.5. The van der Waals surface area contributed by atoms with Crippen molar-refractivity contribution in [2.24, 2.45) is 0 Å². The second-order valence-corrected chi connectivity index (χ2v) is 4.99. The van der Waals surface area contributed by atoms with Gasteiger partial charge in [-0.3, -0.25) is 4.79 Å². The molecule has 2 rings (SSSR count). The normalized spacial score (nSPS) is 16.6. The first-order valence-corrected chi connectivity index (χ1v) is 6.88. The SMILES string of the molecule is CCn1nc(C)c(N)c1N1CCCN(C(C)=O)CC1. The zero-order chi connectivity index (χ0) is 14.0. The van der Waals surface area contributed by atoms with Crippen molar-refractivity contribution in [2.75, 3.05) is 36.8 Å². The molecule has 0 aromatic carbocycles. The highest BCUT2D eigenvalue weighted by Crippen LogP contribution is 2.27. The average Bonchev–Trinajstić information content (AvgIpc) is 2.58. The summed E-state index contributed by atoms with van der Waals surface area (Å²) in [7, 11) is 0. The second kappa shape index (κ2) is 5.50. The summed E-state index contributed by atoms with van der Waals surface area (Å²) < 4.78 is 1.95. The minimum Gasteiger partial charge on any atom is -0.394 e. The van der Waals surface area contributed by atoms with Crippen LogP contribution >= 0.6 is 0 Å². The van der Waals surface area contributed by atoms with Gasteiger partial charge in [0, 0.05) is 39.6 Å². The zero-order valence-electron chi connectivity index (χ0n) is 12.0. The quantitative estimate of drug-likeness (QED) is 0.861. The molecular formula is C13H23N5O. The molecule has 0 bridgehead atoms. The van der Waals surface area contributed by atoms with E-state index in [1.165, 1.54) is 0 Å². The standard InChI is InChI=1S/C13H23N5O/c1-4-18-13(12(14)10(2)15-18)17-7-5-6-16(8-9-17)11(3)19/h4-9,14H2,1-3H3. The van der Waals surface area contributed by atoms with E-state index in [0.717, 1.165) is 56.3 Å². The number of carbonyl (C=O) groups excluding carboxylic acids is 1. The van der Waals surface area contributed by atoms with Crippen LogP contribution in [0, 0.1) is 6.92 Å². The topological polar surface area (TPSA) is 67.4 Å². The second-order valence-electron chi connectivity index (χ2n) is 4.99. The maximum Gasteiger partial charge on any atom is 0.219 e. The molecule has 1 amide bonds.